The molecule has 3 rings (SSSR count). The zero-order valence-corrected chi connectivity index (χ0v) is 13.0. The van der Waals surface area contributed by atoms with Crippen LogP contribution < -0.4 is 0 Å². The minimum Gasteiger partial charge on any atom is -0.332 e. The van der Waals surface area contributed by atoms with Gasteiger partial charge in [-0.05, 0) is 48.9 Å². The van der Waals surface area contributed by atoms with Crippen LogP contribution in [0.2, 0.25) is 0 Å². The summed E-state index contributed by atoms with van der Waals surface area (Å²) in [6.07, 6.45) is 4.18. The summed E-state index contributed by atoms with van der Waals surface area (Å²) in [5.41, 5.74) is 2.03. The van der Waals surface area contributed by atoms with E-state index >= 15 is 0 Å². The van der Waals surface area contributed by atoms with Crippen LogP contribution in [-0.4, -0.2) is 23.6 Å². The first-order valence-electron chi connectivity index (χ1n) is 7.29. The number of hydrogen-bond donors (Lipinski definition) is 0. The van der Waals surface area contributed by atoms with E-state index in [9.17, 15) is 4.79 Å². The molecule has 2 aromatic rings. The number of rotatable bonds is 3. The van der Waals surface area contributed by atoms with Gasteiger partial charge in [0.05, 0.1) is 6.04 Å². The quantitative estimate of drug-likeness (QED) is 0.783. The first kappa shape index (κ1) is 14.2. The van der Waals surface area contributed by atoms with E-state index in [1.165, 1.54) is 10.5 Å². The predicted octanol–water partition coefficient (Wildman–Crippen LogP) is 4.39. The molecule has 1 heterocycles. The second-order valence-corrected chi connectivity index (χ2v) is 6.18. The summed E-state index contributed by atoms with van der Waals surface area (Å²) in [5.74, 6) is 0.147. The van der Waals surface area contributed by atoms with Crippen LogP contribution in [0.5, 0.6) is 0 Å². The van der Waals surface area contributed by atoms with E-state index in [1.807, 2.05) is 53.6 Å². The van der Waals surface area contributed by atoms with Gasteiger partial charge in [0, 0.05) is 17.0 Å². The van der Waals surface area contributed by atoms with E-state index in [0.717, 1.165) is 24.9 Å². The average molecular weight is 297 g/mol. The predicted molar refractivity (Wildman–Crippen MR) is 87.7 cm³/mol. The highest BCUT2D eigenvalue weighted by molar-refractivity contribution is 7.98. The molecule has 108 valence electrons. The topological polar surface area (TPSA) is 20.3 Å². The molecule has 0 spiro atoms. The molecule has 1 amide bonds. The van der Waals surface area contributed by atoms with Gasteiger partial charge in [0.25, 0.3) is 5.91 Å². The van der Waals surface area contributed by atoms with Crippen molar-refractivity contribution >= 4 is 17.7 Å². The number of carbonyl (C=O) groups excluding carboxylic acids is 1. The Bertz CT molecular complexity index is 609. The van der Waals surface area contributed by atoms with Crippen LogP contribution in [0.1, 0.15) is 34.8 Å². The van der Waals surface area contributed by atoms with Crippen molar-refractivity contribution in [3.8, 4) is 0 Å². The highest BCUT2D eigenvalue weighted by Gasteiger charge is 2.30. The third-order valence-electron chi connectivity index (χ3n) is 4.03. The standard InChI is InChI=1S/C18H19NOS/c1-21-16-11-9-15(10-12-16)18(20)19-13-5-8-17(19)14-6-3-2-4-7-14/h2-4,6-7,9-12,17H,5,8,13H2,1H3. The second kappa shape index (κ2) is 6.35. The lowest BCUT2D eigenvalue weighted by molar-refractivity contribution is 0.0735. The molecule has 1 aliphatic heterocycles. The Kier molecular flexibility index (Phi) is 4.30. The lowest BCUT2D eigenvalue weighted by atomic mass is 10.0. The maximum Gasteiger partial charge on any atom is 0.254 e. The van der Waals surface area contributed by atoms with E-state index in [0.29, 0.717) is 0 Å². The molecule has 0 aromatic heterocycles. The number of hydrogen-bond acceptors (Lipinski definition) is 2. The smallest absolute Gasteiger partial charge is 0.254 e. The maximum atomic E-state index is 12.7. The minimum atomic E-state index is 0.147. The van der Waals surface area contributed by atoms with Crippen LogP contribution >= 0.6 is 11.8 Å². The Balaban J connectivity index is 1.82. The summed E-state index contributed by atoms with van der Waals surface area (Å²) in [6, 6.07) is 18.5. The van der Waals surface area contributed by atoms with Crippen molar-refractivity contribution in [1.82, 2.24) is 4.90 Å². The average Bonchev–Trinajstić information content (AvgIpc) is 3.04. The van der Waals surface area contributed by atoms with Crippen LogP contribution in [0.4, 0.5) is 0 Å². The van der Waals surface area contributed by atoms with E-state index in [2.05, 4.69) is 12.1 Å². The summed E-state index contributed by atoms with van der Waals surface area (Å²) >= 11 is 1.69. The molecule has 0 bridgehead atoms. The number of carbonyl (C=O) groups is 1. The van der Waals surface area contributed by atoms with Crippen LogP contribution in [0, 0.1) is 0 Å². The molecule has 1 atom stereocenters. The van der Waals surface area contributed by atoms with Gasteiger partial charge in [-0.15, -0.1) is 11.8 Å². The van der Waals surface area contributed by atoms with Crippen molar-refractivity contribution < 1.29 is 4.79 Å². The van der Waals surface area contributed by atoms with Crippen molar-refractivity contribution in [2.45, 2.75) is 23.8 Å². The lowest BCUT2D eigenvalue weighted by Crippen LogP contribution is -2.30. The number of benzene rings is 2. The largest absolute Gasteiger partial charge is 0.332 e. The molecule has 0 radical (unpaired) electrons. The molecule has 0 saturated carbocycles. The fraction of sp³-hybridized carbons (Fsp3) is 0.278. The second-order valence-electron chi connectivity index (χ2n) is 5.30. The van der Waals surface area contributed by atoms with Crippen LogP contribution in [0.3, 0.4) is 0 Å². The summed E-state index contributed by atoms with van der Waals surface area (Å²) in [4.78, 5) is 16.0. The SMILES string of the molecule is CSc1ccc(C(=O)N2CCCC2c2ccccc2)cc1. The summed E-state index contributed by atoms with van der Waals surface area (Å²) in [6.45, 7) is 0.850. The Hall–Kier alpha value is -1.74. The van der Waals surface area contributed by atoms with Gasteiger partial charge >= 0.3 is 0 Å². The Labute approximate surface area is 130 Å². The molecule has 21 heavy (non-hydrogen) atoms. The van der Waals surface area contributed by atoms with Crippen molar-refractivity contribution in [3.63, 3.8) is 0 Å². The van der Waals surface area contributed by atoms with E-state index < -0.39 is 0 Å². The van der Waals surface area contributed by atoms with Crippen LogP contribution in [0.15, 0.2) is 59.5 Å². The van der Waals surface area contributed by atoms with Crippen molar-refractivity contribution in [2.75, 3.05) is 12.8 Å². The molecule has 1 aliphatic rings. The van der Waals surface area contributed by atoms with Gasteiger partial charge in [0.2, 0.25) is 0 Å². The monoisotopic (exact) mass is 297 g/mol. The van der Waals surface area contributed by atoms with Crippen molar-refractivity contribution in [2.24, 2.45) is 0 Å². The van der Waals surface area contributed by atoms with Crippen molar-refractivity contribution in [3.05, 3.63) is 65.7 Å². The zero-order chi connectivity index (χ0) is 14.7. The molecule has 0 aliphatic carbocycles. The molecule has 2 aromatic carbocycles. The van der Waals surface area contributed by atoms with Gasteiger partial charge in [0.1, 0.15) is 0 Å². The van der Waals surface area contributed by atoms with Gasteiger partial charge < -0.3 is 4.90 Å². The maximum absolute atomic E-state index is 12.7. The Morgan fingerprint density at radius 1 is 1.10 bits per heavy atom. The van der Waals surface area contributed by atoms with Gasteiger partial charge in [-0.3, -0.25) is 4.79 Å². The molecule has 3 heteroatoms. The number of amides is 1. The van der Waals surface area contributed by atoms with Gasteiger partial charge in [-0.2, -0.15) is 0 Å². The Morgan fingerprint density at radius 2 is 1.81 bits per heavy atom. The zero-order valence-electron chi connectivity index (χ0n) is 12.2. The van der Waals surface area contributed by atoms with Crippen LogP contribution in [-0.2, 0) is 0 Å². The fourth-order valence-corrected chi connectivity index (χ4v) is 3.34. The third-order valence-corrected chi connectivity index (χ3v) is 4.78. The number of thioether (sulfide) groups is 1. The van der Waals surface area contributed by atoms with Gasteiger partial charge in [-0.1, -0.05) is 30.3 Å². The highest BCUT2D eigenvalue weighted by Crippen LogP contribution is 2.33. The van der Waals surface area contributed by atoms with Gasteiger partial charge in [0.15, 0.2) is 0 Å². The first-order chi connectivity index (χ1) is 10.3. The summed E-state index contributed by atoms with van der Waals surface area (Å²) in [5, 5.41) is 0. The van der Waals surface area contributed by atoms with Crippen molar-refractivity contribution in [1.29, 1.82) is 0 Å². The van der Waals surface area contributed by atoms with E-state index in [-0.39, 0.29) is 11.9 Å². The van der Waals surface area contributed by atoms with E-state index in [4.69, 9.17) is 0 Å². The summed E-state index contributed by atoms with van der Waals surface area (Å²) in [7, 11) is 0. The molecular formula is C18H19NOS. The highest BCUT2D eigenvalue weighted by atomic mass is 32.2. The number of likely N-dealkylation sites (tertiary alicyclic amines) is 1. The third kappa shape index (κ3) is 2.98. The fourth-order valence-electron chi connectivity index (χ4n) is 2.93. The van der Waals surface area contributed by atoms with Crippen LogP contribution in [0.25, 0.3) is 0 Å². The number of nitrogens with zero attached hydrogens (tertiary/aromatic N) is 1. The minimum absolute atomic E-state index is 0.147. The molecule has 0 N–H and O–H groups in total. The molecule has 1 fully saturated rings. The normalized spacial score (nSPS) is 18.0. The molecule has 1 unspecified atom stereocenters. The summed E-state index contributed by atoms with van der Waals surface area (Å²) < 4.78 is 0. The molecular weight excluding hydrogens is 278 g/mol. The van der Waals surface area contributed by atoms with Gasteiger partial charge in [-0.25, -0.2) is 0 Å². The lowest BCUT2D eigenvalue weighted by Gasteiger charge is -2.25. The van der Waals surface area contributed by atoms with E-state index in [1.54, 1.807) is 11.8 Å². The Morgan fingerprint density at radius 3 is 2.48 bits per heavy atom. The molecule has 1 saturated heterocycles. The first-order valence-corrected chi connectivity index (χ1v) is 8.52. The molecule has 2 nitrogen and oxygen atoms in total.